The Bertz CT molecular complexity index is 723. The van der Waals surface area contributed by atoms with Crippen LogP contribution in [0.25, 0.3) is 0 Å². The molecule has 1 nitrogen and oxygen atoms in total. The Labute approximate surface area is 229 Å². The van der Waals surface area contributed by atoms with Crippen LogP contribution >= 0.6 is 7.81 Å². The van der Waals surface area contributed by atoms with Crippen LogP contribution in [0.3, 0.4) is 0 Å². The molecule has 38 heavy (non-hydrogen) atoms. The molecule has 0 atom stereocenters. The molecule has 0 fully saturated rings. The maximum atomic E-state index is 9.87. The van der Waals surface area contributed by atoms with Crippen molar-refractivity contribution < 1.29 is 29.7 Å². The molecule has 0 amide bonds. The van der Waals surface area contributed by atoms with Gasteiger partial charge in [-0.2, -0.15) is 0 Å². The van der Waals surface area contributed by atoms with Gasteiger partial charge in [0.05, 0.1) is 0 Å². The van der Waals surface area contributed by atoms with Gasteiger partial charge in [0.1, 0.15) is 6.54 Å². The van der Waals surface area contributed by atoms with Gasteiger partial charge in [-0.15, -0.1) is 0 Å². The van der Waals surface area contributed by atoms with E-state index in [4.69, 9.17) is 0 Å². The first kappa shape index (κ1) is 37.2. The van der Waals surface area contributed by atoms with E-state index in [1.807, 2.05) is 0 Å². The second-order valence-corrected chi connectivity index (χ2v) is 13.0. The van der Waals surface area contributed by atoms with Crippen LogP contribution in [0.15, 0.2) is 12.1 Å². The zero-order chi connectivity index (χ0) is 29.0. The molecule has 0 radical (unpaired) electrons. The van der Waals surface area contributed by atoms with E-state index in [1.165, 1.54) is 146 Å². The molecule has 0 N–H and O–H groups in total. The molecule has 0 aromatic carbocycles. The number of pyridine rings is 1. The Morgan fingerprint density at radius 2 is 0.868 bits per heavy atom. The first-order valence-corrected chi connectivity index (χ1v) is 17.2. The van der Waals surface area contributed by atoms with Crippen molar-refractivity contribution in [2.75, 3.05) is 0 Å². The van der Waals surface area contributed by atoms with Crippen molar-refractivity contribution in [1.29, 1.82) is 0 Å². The van der Waals surface area contributed by atoms with E-state index in [9.17, 15) is 25.2 Å². The first-order chi connectivity index (χ1) is 17.6. The van der Waals surface area contributed by atoms with Crippen LogP contribution in [0.4, 0.5) is 25.2 Å². The van der Waals surface area contributed by atoms with Gasteiger partial charge in [0.25, 0.3) is 0 Å². The van der Waals surface area contributed by atoms with Crippen molar-refractivity contribution in [3.63, 3.8) is 0 Å². The zero-order valence-electron chi connectivity index (χ0n) is 24.7. The van der Waals surface area contributed by atoms with Crippen LogP contribution in [0, 0.1) is 13.8 Å². The topological polar surface area (TPSA) is 3.88 Å². The monoisotopic (exact) mass is 575 g/mol. The van der Waals surface area contributed by atoms with Gasteiger partial charge in [0.2, 0.25) is 0 Å². The van der Waals surface area contributed by atoms with Crippen molar-refractivity contribution in [2.45, 2.75) is 163 Å². The first-order valence-electron chi connectivity index (χ1n) is 15.2. The Morgan fingerprint density at radius 3 is 1.26 bits per heavy atom. The van der Waals surface area contributed by atoms with Crippen LogP contribution < -0.4 is 4.57 Å². The van der Waals surface area contributed by atoms with Gasteiger partial charge in [-0.3, -0.25) is 0 Å². The van der Waals surface area contributed by atoms with Crippen molar-refractivity contribution in [3.8, 4) is 0 Å². The molecule has 1 aromatic heterocycles. The standard InChI is InChI=1S/C30H56N.F6P/c1-5-7-9-11-13-15-17-19-21-23-25-31-29(4)26-28(3)27-30(31)24-22-20-18-16-14-12-10-8-6-2;1-7(2,3,4,5)6/h26-27H,5-25H2,1-4H3;/q+1;-1. The summed E-state index contributed by atoms with van der Waals surface area (Å²) in [5.41, 5.74) is 4.47. The van der Waals surface area contributed by atoms with Gasteiger partial charge in [0, 0.05) is 31.9 Å². The minimum atomic E-state index is -10.7. The Hall–Kier alpha value is -0.840. The third-order valence-electron chi connectivity index (χ3n) is 6.88. The quantitative estimate of drug-likeness (QED) is 0.0594. The Morgan fingerprint density at radius 1 is 0.526 bits per heavy atom. The molecule has 1 heterocycles. The molecule has 0 spiro atoms. The Balaban J connectivity index is 0.00000171. The van der Waals surface area contributed by atoms with Crippen LogP contribution in [0.1, 0.15) is 153 Å². The van der Waals surface area contributed by atoms with Gasteiger partial charge < -0.3 is 0 Å². The third-order valence-corrected chi connectivity index (χ3v) is 6.88. The molecule has 0 saturated carbocycles. The van der Waals surface area contributed by atoms with Crippen LogP contribution in [0.5, 0.6) is 0 Å². The number of aromatic nitrogens is 1. The Kier molecular flexibility index (Phi) is 18.1. The SMILES string of the molecule is CCCCCCCCCCCC[n+]1c(C)cc(C)cc1CCCCCCCCCCC.F[P-](F)(F)(F)(F)F. The van der Waals surface area contributed by atoms with E-state index in [-0.39, 0.29) is 0 Å². The normalized spacial score (nSPS) is 13.5. The fraction of sp³-hybridized carbons (Fsp3) is 0.833. The summed E-state index contributed by atoms with van der Waals surface area (Å²) >= 11 is 0. The summed E-state index contributed by atoms with van der Waals surface area (Å²) in [5.74, 6) is 0. The third kappa shape index (κ3) is 28.2. The summed E-state index contributed by atoms with van der Waals surface area (Å²) in [5, 5.41) is 0. The second kappa shape index (κ2) is 18.5. The average molecular weight is 576 g/mol. The van der Waals surface area contributed by atoms with Gasteiger partial charge >= 0.3 is 33.0 Å². The molecule has 0 saturated heterocycles. The van der Waals surface area contributed by atoms with E-state index in [0.29, 0.717) is 0 Å². The summed E-state index contributed by atoms with van der Waals surface area (Å²) in [6.07, 6.45) is 28.2. The molecule has 1 aromatic rings. The van der Waals surface area contributed by atoms with E-state index >= 15 is 0 Å². The van der Waals surface area contributed by atoms with Gasteiger partial charge in [-0.05, 0) is 25.3 Å². The summed E-state index contributed by atoms with van der Waals surface area (Å²) in [6, 6.07) is 4.82. The summed E-state index contributed by atoms with van der Waals surface area (Å²) in [7, 11) is -10.7. The minimum absolute atomic E-state index is 1.22. The maximum absolute atomic E-state index is 10.7. The zero-order valence-corrected chi connectivity index (χ0v) is 25.6. The van der Waals surface area contributed by atoms with Crippen molar-refractivity contribution in [3.05, 3.63) is 29.1 Å². The molecule has 0 aliphatic carbocycles. The van der Waals surface area contributed by atoms with E-state index in [1.54, 1.807) is 5.69 Å². The fourth-order valence-electron chi connectivity index (χ4n) is 4.92. The summed E-state index contributed by atoms with van der Waals surface area (Å²) in [4.78, 5) is 0. The van der Waals surface area contributed by atoms with Crippen LogP contribution in [0.2, 0.25) is 0 Å². The van der Waals surface area contributed by atoms with Gasteiger partial charge in [-0.1, -0.05) is 117 Å². The number of aryl methyl sites for hydroxylation is 3. The number of hydrogen-bond acceptors (Lipinski definition) is 0. The van der Waals surface area contributed by atoms with Crippen molar-refractivity contribution in [2.24, 2.45) is 0 Å². The predicted molar refractivity (Wildman–Crippen MR) is 152 cm³/mol. The molecule has 0 bridgehead atoms. The number of unbranched alkanes of at least 4 members (excludes halogenated alkanes) is 17. The molecule has 1 rings (SSSR count). The number of hydrogen-bond donors (Lipinski definition) is 0. The molecule has 228 valence electrons. The molecule has 0 aliphatic rings. The van der Waals surface area contributed by atoms with Gasteiger partial charge in [0.15, 0.2) is 11.4 Å². The number of halogens is 6. The number of rotatable bonds is 21. The molecular formula is C30H56F6NP. The molecule has 8 heteroatoms. The van der Waals surface area contributed by atoms with Crippen molar-refractivity contribution in [1.82, 2.24) is 0 Å². The molecular weight excluding hydrogens is 519 g/mol. The van der Waals surface area contributed by atoms with Crippen LogP contribution in [-0.4, -0.2) is 0 Å². The summed E-state index contributed by atoms with van der Waals surface area (Å²) in [6.45, 7) is 10.4. The van der Waals surface area contributed by atoms with Crippen LogP contribution in [-0.2, 0) is 13.0 Å². The predicted octanol–water partition coefficient (Wildman–Crippen LogP) is 13.0. The molecule has 0 aliphatic heterocycles. The summed E-state index contributed by atoms with van der Waals surface area (Å²) < 4.78 is 61.8. The van der Waals surface area contributed by atoms with E-state index in [0.717, 1.165) is 0 Å². The molecule has 0 unspecified atom stereocenters. The van der Waals surface area contributed by atoms with Gasteiger partial charge in [-0.25, -0.2) is 4.57 Å². The van der Waals surface area contributed by atoms with Crippen molar-refractivity contribution >= 4 is 7.81 Å². The number of nitrogens with zero attached hydrogens (tertiary/aromatic N) is 1. The fourth-order valence-corrected chi connectivity index (χ4v) is 4.92. The van der Waals surface area contributed by atoms with E-state index < -0.39 is 7.81 Å². The average Bonchev–Trinajstić information content (AvgIpc) is 2.78. The second-order valence-electron chi connectivity index (χ2n) is 11.0. The van der Waals surface area contributed by atoms with E-state index in [2.05, 4.69) is 44.4 Å².